The highest BCUT2D eigenvalue weighted by molar-refractivity contribution is 5.93. The molecule has 2 aromatic rings. The number of hydrogen-bond acceptors (Lipinski definition) is 3. The van der Waals surface area contributed by atoms with E-state index in [0.29, 0.717) is 5.56 Å². The molecule has 0 unspecified atom stereocenters. The van der Waals surface area contributed by atoms with Crippen LogP contribution in [-0.2, 0) is 10.2 Å². The van der Waals surface area contributed by atoms with Crippen LogP contribution in [-0.4, -0.2) is 12.5 Å². The highest BCUT2D eigenvalue weighted by atomic mass is 16.1. The number of benzene rings is 2. The third-order valence-corrected chi connectivity index (χ3v) is 3.50. The van der Waals surface area contributed by atoms with Crippen molar-refractivity contribution < 1.29 is 4.79 Å². The van der Waals surface area contributed by atoms with Gasteiger partial charge in [-0.15, -0.1) is 0 Å². The van der Waals surface area contributed by atoms with Gasteiger partial charge in [-0.05, 0) is 47.4 Å². The Morgan fingerprint density at radius 1 is 1.00 bits per heavy atom. The van der Waals surface area contributed by atoms with E-state index >= 15 is 0 Å². The summed E-state index contributed by atoms with van der Waals surface area (Å²) in [6.45, 7) is 6.64. The first-order valence-corrected chi connectivity index (χ1v) is 7.53. The lowest BCUT2D eigenvalue weighted by Gasteiger charge is -2.19. The number of nitrogens with zero attached hydrogens (tertiary/aromatic N) is 1. The first-order chi connectivity index (χ1) is 10.9. The molecule has 2 aromatic carbocycles. The normalized spacial score (nSPS) is 10.7. The zero-order valence-corrected chi connectivity index (χ0v) is 13.7. The van der Waals surface area contributed by atoms with E-state index in [4.69, 9.17) is 5.26 Å². The first-order valence-electron chi connectivity index (χ1n) is 7.53. The minimum absolute atomic E-state index is 0.0969. The van der Waals surface area contributed by atoms with Gasteiger partial charge in [0.2, 0.25) is 5.91 Å². The smallest absolute Gasteiger partial charge is 0.243 e. The molecule has 0 aliphatic rings. The fourth-order valence-electron chi connectivity index (χ4n) is 2.10. The lowest BCUT2D eigenvalue weighted by atomic mass is 9.87. The van der Waals surface area contributed by atoms with E-state index in [2.05, 4.69) is 37.5 Å². The molecule has 1 amide bonds. The van der Waals surface area contributed by atoms with Crippen molar-refractivity contribution >= 4 is 17.3 Å². The van der Waals surface area contributed by atoms with Gasteiger partial charge in [0.1, 0.15) is 0 Å². The van der Waals surface area contributed by atoms with Gasteiger partial charge in [-0.1, -0.05) is 32.9 Å². The molecule has 0 bridgehead atoms. The highest BCUT2D eigenvalue weighted by Gasteiger charge is 2.13. The first kappa shape index (κ1) is 16.6. The van der Waals surface area contributed by atoms with Gasteiger partial charge in [0, 0.05) is 11.4 Å². The number of anilines is 2. The predicted molar refractivity (Wildman–Crippen MR) is 93.4 cm³/mol. The van der Waals surface area contributed by atoms with Crippen LogP contribution in [0.4, 0.5) is 11.4 Å². The Morgan fingerprint density at radius 2 is 1.57 bits per heavy atom. The second kappa shape index (κ2) is 6.97. The van der Waals surface area contributed by atoms with Crippen molar-refractivity contribution in [3.8, 4) is 6.07 Å². The second-order valence-corrected chi connectivity index (χ2v) is 6.42. The van der Waals surface area contributed by atoms with Gasteiger partial charge in [0.15, 0.2) is 0 Å². The summed E-state index contributed by atoms with van der Waals surface area (Å²) in [5, 5.41) is 14.6. The van der Waals surface area contributed by atoms with Gasteiger partial charge in [0.25, 0.3) is 0 Å². The van der Waals surface area contributed by atoms with Crippen LogP contribution in [0.25, 0.3) is 0 Å². The van der Waals surface area contributed by atoms with Crippen molar-refractivity contribution in [3.63, 3.8) is 0 Å². The number of nitrogens with one attached hydrogen (secondary N) is 2. The van der Waals surface area contributed by atoms with E-state index in [1.54, 1.807) is 24.3 Å². The number of nitriles is 1. The van der Waals surface area contributed by atoms with Crippen molar-refractivity contribution in [3.05, 3.63) is 59.7 Å². The molecule has 2 rings (SSSR count). The molecule has 0 heterocycles. The Morgan fingerprint density at radius 3 is 2.09 bits per heavy atom. The second-order valence-electron chi connectivity index (χ2n) is 6.42. The predicted octanol–water partition coefficient (Wildman–Crippen LogP) is 3.91. The van der Waals surface area contributed by atoms with E-state index in [1.807, 2.05) is 24.3 Å². The quantitative estimate of drug-likeness (QED) is 0.900. The number of carbonyl (C=O) groups excluding carboxylic acids is 1. The van der Waals surface area contributed by atoms with Crippen LogP contribution in [0.1, 0.15) is 31.9 Å². The van der Waals surface area contributed by atoms with Crippen molar-refractivity contribution in [2.75, 3.05) is 17.2 Å². The van der Waals surface area contributed by atoms with E-state index in [-0.39, 0.29) is 17.9 Å². The Labute approximate surface area is 137 Å². The van der Waals surface area contributed by atoms with E-state index in [9.17, 15) is 4.79 Å². The van der Waals surface area contributed by atoms with Crippen molar-refractivity contribution in [2.24, 2.45) is 0 Å². The summed E-state index contributed by atoms with van der Waals surface area (Å²) in [7, 11) is 0. The van der Waals surface area contributed by atoms with Gasteiger partial charge in [-0.2, -0.15) is 5.26 Å². The van der Waals surface area contributed by atoms with Crippen LogP contribution >= 0.6 is 0 Å². The molecule has 0 aliphatic carbocycles. The van der Waals surface area contributed by atoms with Crippen LogP contribution < -0.4 is 10.6 Å². The molecule has 0 saturated carbocycles. The summed E-state index contributed by atoms with van der Waals surface area (Å²) >= 11 is 0. The van der Waals surface area contributed by atoms with E-state index in [0.717, 1.165) is 11.4 Å². The maximum Gasteiger partial charge on any atom is 0.243 e. The standard InChI is InChI=1S/C19H21N3O/c1-19(2,3)15-6-10-17(11-7-15)22-18(23)13-21-16-8-4-14(12-20)5-9-16/h4-11,21H,13H2,1-3H3,(H,22,23). The Balaban J connectivity index is 1.88. The third kappa shape index (κ3) is 4.86. The lowest BCUT2D eigenvalue weighted by Crippen LogP contribution is -2.21. The molecule has 2 N–H and O–H groups in total. The molecular formula is C19H21N3O. The average Bonchev–Trinajstić information content (AvgIpc) is 2.53. The van der Waals surface area contributed by atoms with Crippen LogP contribution in [0.5, 0.6) is 0 Å². The van der Waals surface area contributed by atoms with E-state index < -0.39 is 0 Å². The van der Waals surface area contributed by atoms with Crippen molar-refractivity contribution in [2.45, 2.75) is 26.2 Å². The Hall–Kier alpha value is -2.80. The Bertz CT molecular complexity index is 704. The number of carbonyl (C=O) groups is 1. The summed E-state index contributed by atoms with van der Waals surface area (Å²) in [4.78, 5) is 12.0. The van der Waals surface area contributed by atoms with Crippen molar-refractivity contribution in [1.82, 2.24) is 0 Å². The van der Waals surface area contributed by atoms with Crippen LogP contribution in [0.3, 0.4) is 0 Å². The molecule has 0 aliphatic heterocycles. The zero-order chi connectivity index (χ0) is 16.9. The summed E-state index contributed by atoms with van der Waals surface area (Å²) in [5.74, 6) is -0.113. The van der Waals surface area contributed by atoms with Crippen LogP contribution in [0.15, 0.2) is 48.5 Å². The molecular weight excluding hydrogens is 286 g/mol. The number of rotatable bonds is 4. The molecule has 4 nitrogen and oxygen atoms in total. The fraction of sp³-hybridized carbons (Fsp3) is 0.263. The van der Waals surface area contributed by atoms with Crippen molar-refractivity contribution in [1.29, 1.82) is 5.26 Å². The van der Waals surface area contributed by atoms with Gasteiger partial charge in [-0.3, -0.25) is 4.79 Å². The molecule has 0 spiro atoms. The largest absolute Gasteiger partial charge is 0.376 e. The van der Waals surface area contributed by atoms with Gasteiger partial charge >= 0.3 is 0 Å². The summed E-state index contributed by atoms with van der Waals surface area (Å²) in [6.07, 6.45) is 0. The molecule has 23 heavy (non-hydrogen) atoms. The highest BCUT2D eigenvalue weighted by Crippen LogP contribution is 2.23. The molecule has 4 heteroatoms. The maximum absolute atomic E-state index is 12.0. The minimum Gasteiger partial charge on any atom is -0.376 e. The monoisotopic (exact) mass is 307 g/mol. The fourth-order valence-corrected chi connectivity index (χ4v) is 2.10. The summed E-state index contributed by atoms with van der Waals surface area (Å²) in [5.41, 5.74) is 3.51. The molecule has 0 saturated heterocycles. The molecule has 0 radical (unpaired) electrons. The molecule has 0 atom stereocenters. The minimum atomic E-state index is -0.113. The van der Waals surface area contributed by atoms with E-state index in [1.165, 1.54) is 5.56 Å². The van der Waals surface area contributed by atoms with Crippen LogP contribution in [0.2, 0.25) is 0 Å². The average molecular weight is 307 g/mol. The lowest BCUT2D eigenvalue weighted by molar-refractivity contribution is -0.114. The molecule has 0 fully saturated rings. The molecule has 0 aromatic heterocycles. The Kier molecular flexibility index (Phi) is 5.02. The number of hydrogen-bond donors (Lipinski definition) is 2. The van der Waals surface area contributed by atoms with Gasteiger partial charge in [-0.25, -0.2) is 0 Å². The van der Waals surface area contributed by atoms with Gasteiger partial charge < -0.3 is 10.6 Å². The third-order valence-electron chi connectivity index (χ3n) is 3.50. The number of amides is 1. The topological polar surface area (TPSA) is 64.9 Å². The summed E-state index contributed by atoms with van der Waals surface area (Å²) < 4.78 is 0. The SMILES string of the molecule is CC(C)(C)c1ccc(NC(=O)CNc2ccc(C#N)cc2)cc1. The summed E-state index contributed by atoms with van der Waals surface area (Å²) in [6, 6.07) is 16.9. The van der Waals surface area contributed by atoms with Gasteiger partial charge in [0.05, 0.1) is 18.2 Å². The maximum atomic E-state index is 12.0. The zero-order valence-electron chi connectivity index (χ0n) is 13.7. The molecule has 118 valence electrons. The van der Waals surface area contributed by atoms with Crippen LogP contribution in [0, 0.1) is 11.3 Å².